The molecule has 2 heterocycles. The molecule has 0 bridgehead atoms. The van der Waals surface area contributed by atoms with Crippen molar-refractivity contribution in [3.8, 4) is 5.75 Å². The molecule has 2 aliphatic heterocycles. The quantitative estimate of drug-likeness (QED) is 0.551. The average molecular weight is 375 g/mol. The van der Waals surface area contributed by atoms with E-state index < -0.39 is 17.8 Å². The summed E-state index contributed by atoms with van der Waals surface area (Å²) in [6.45, 7) is 7.58. The number of hydrogen-bond acceptors (Lipinski definition) is 5. The molecule has 1 aromatic carbocycles. The molecule has 0 spiro atoms. The Morgan fingerprint density at radius 3 is 2.15 bits per heavy atom. The minimum Gasteiger partial charge on any atom is -0.497 e. The van der Waals surface area contributed by atoms with Crippen molar-refractivity contribution < 1.29 is 24.0 Å². The smallest absolute Gasteiger partial charge is 0.338 e. The van der Waals surface area contributed by atoms with Crippen molar-refractivity contribution in [3.63, 3.8) is 0 Å². The molecule has 2 saturated heterocycles. The number of methoxy groups -OCH3 is 1. The first kappa shape index (κ1) is 19.2. The number of carbonyl (C=O) groups excluding carboxylic acids is 3. The molecule has 3 rings (SSSR count). The van der Waals surface area contributed by atoms with Gasteiger partial charge in [-0.25, -0.2) is 9.69 Å². The van der Waals surface area contributed by atoms with Gasteiger partial charge in [0.05, 0.1) is 33.3 Å². The molecule has 1 aromatic rings. The van der Waals surface area contributed by atoms with Gasteiger partial charge in [0.1, 0.15) is 5.75 Å². The molecule has 0 aliphatic carbocycles. The molecule has 8 nitrogen and oxygen atoms in total. The number of quaternary nitrogens is 1. The average Bonchev–Trinajstić information content (AvgIpc) is 2.86. The van der Waals surface area contributed by atoms with Gasteiger partial charge in [-0.3, -0.25) is 14.5 Å². The van der Waals surface area contributed by atoms with Crippen LogP contribution in [-0.2, 0) is 9.59 Å². The van der Waals surface area contributed by atoms with Gasteiger partial charge in [0, 0.05) is 12.2 Å². The summed E-state index contributed by atoms with van der Waals surface area (Å²) in [5.41, 5.74) is 1.13. The normalized spacial score (nSPS) is 18.8. The fraction of sp³-hybridized carbons (Fsp3) is 0.526. The highest BCUT2D eigenvalue weighted by molar-refractivity contribution is 6.44. The number of benzene rings is 1. The molecule has 146 valence electrons. The van der Waals surface area contributed by atoms with Crippen LogP contribution in [0.25, 0.3) is 0 Å². The van der Waals surface area contributed by atoms with E-state index in [-0.39, 0.29) is 19.1 Å². The van der Waals surface area contributed by atoms with Gasteiger partial charge in [-0.1, -0.05) is 13.8 Å². The van der Waals surface area contributed by atoms with E-state index >= 15 is 0 Å². The van der Waals surface area contributed by atoms with Crippen LogP contribution >= 0.6 is 0 Å². The number of urea groups is 1. The monoisotopic (exact) mass is 375 g/mol. The first-order valence-corrected chi connectivity index (χ1v) is 9.30. The van der Waals surface area contributed by atoms with Gasteiger partial charge in [0.2, 0.25) is 0 Å². The summed E-state index contributed by atoms with van der Waals surface area (Å²) in [6.07, 6.45) is 0. The van der Waals surface area contributed by atoms with Crippen LogP contribution in [-0.4, -0.2) is 74.1 Å². The highest BCUT2D eigenvalue weighted by Gasteiger charge is 2.46. The summed E-state index contributed by atoms with van der Waals surface area (Å²) in [6, 6.07) is 7.44. The molecule has 4 amide bonds. The topological polar surface area (TPSA) is 74.6 Å². The van der Waals surface area contributed by atoms with Gasteiger partial charge in [0.15, 0.2) is 6.67 Å². The van der Waals surface area contributed by atoms with Gasteiger partial charge >= 0.3 is 17.8 Å². The van der Waals surface area contributed by atoms with Gasteiger partial charge < -0.3 is 14.5 Å². The zero-order valence-electron chi connectivity index (χ0n) is 16.1. The summed E-state index contributed by atoms with van der Waals surface area (Å²) in [7, 11) is 1.64. The third-order valence-electron chi connectivity index (χ3n) is 4.97. The van der Waals surface area contributed by atoms with Gasteiger partial charge in [-0.2, -0.15) is 0 Å². The van der Waals surface area contributed by atoms with E-state index in [1.165, 1.54) is 0 Å². The lowest BCUT2D eigenvalue weighted by Gasteiger charge is -2.34. The highest BCUT2D eigenvalue weighted by Crippen LogP contribution is 2.19. The lowest BCUT2D eigenvalue weighted by molar-refractivity contribution is -0.907. The number of hydrogen-bond donors (Lipinski definition) is 1. The molecule has 2 aliphatic rings. The lowest BCUT2D eigenvalue weighted by atomic mass is 10.2. The lowest BCUT2D eigenvalue weighted by Crippen LogP contribution is -3.16. The number of ether oxygens (including phenoxy) is 1. The molecule has 2 fully saturated rings. The maximum atomic E-state index is 12.5. The molecule has 0 radical (unpaired) electrons. The van der Waals surface area contributed by atoms with Crippen LogP contribution in [0.5, 0.6) is 5.75 Å². The fourth-order valence-electron chi connectivity index (χ4n) is 3.47. The van der Waals surface area contributed by atoms with Crippen molar-refractivity contribution in [3.05, 3.63) is 24.3 Å². The number of imide groups is 2. The Balaban J connectivity index is 1.56. The Kier molecular flexibility index (Phi) is 5.65. The number of rotatable bonds is 6. The zero-order valence-corrected chi connectivity index (χ0v) is 16.1. The number of piperazine rings is 1. The van der Waals surface area contributed by atoms with Crippen molar-refractivity contribution in [2.24, 2.45) is 5.92 Å². The Labute approximate surface area is 159 Å². The molecule has 0 saturated carbocycles. The van der Waals surface area contributed by atoms with E-state index in [2.05, 4.69) is 4.90 Å². The van der Waals surface area contributed by atoms with Crippen LogP contribution in [0.2, 0.25) is 0 Å². The van der Waals surface area contributed by atoms with Crippen LogP contribution in [0.3, 0.4) is 0 Å². The molecule has 0 aromatic heterocycles. The van der Waals surface area contributed by atoms with Crippen molar-refractivity contribution in [1.29, 1.82) is 0 Å². The second kappa shape index (κ2) is 7.96. The number of amides is 4. The van der Waals surface area contributed by atoms with Crippen LogP contribution < -0.4 is 14.5 Å². The molecule has 1 N–H and O–H groups in total. The van der Waals surface area contributed by atoms with Gasteiger partial charge in [-0.05, 0) is 30.2 Å². The van der Waals surface area contributed by atoms with Crippen LogP contribution in [0.1, 0.15) is 13.8 Å². The predicted molar refractivity (Wildman–Crippen MR) is 99.6 cm³/mol. The maximum absolute atomic E-state index is 12.5. The SMILES string of the molecule is COc1ccc(N2CC[NH+](CN3C(=O)C(=O)N(CC(C)C)C3=O)CC2)cc1. The number of nitrogens with zero attached hydrogens (tertiary/aromatic N) is 3. The molecule has 0 atom stereocenters. The maximum Gasteiger partial charge on any atom is 0.338 e. The zero-order chi connectivity index (χ0) is 19.6. The third kappa shape index (κ3) is 4.05. The van der Waals surface area contributed by atoms with Crippen LogP contribution in [0.4, 0.5) is 10.5 Å². The van der Waals surface area contributed by atoms with Crippen molar-refractivity contribution in [2.45, 2.75) is 13.8 Å². The van der Waals surface area contributed by atoms with E-state index in [1.54, 1.807) is 7.11 Å². The standard InChI is InChI=1S/C19H26N4O4/c1-14(2)12-22-17(24)18(25)23(19(22)26)13-20-8-10-21(11-9-20)15-4-6-16(27-3)7-5-15/h4-7,14H,8-13H2,1-3H3/p+1. The summed E-state index contributed by atoms with van der Waals surface area (Å²) in [5, 5.41) is 0. The van der Waals surface area contributed by atoms with E-state index in [4.69, 9.17) is 4.74 Å². The minimum absolute atomic E-state index is 0.131. The summed E-state index contributed by atoms with van der Waals surface area (Å²) >= 11 is 0. The second-order valence-corrected chi connectivity index (χ2v) is 7.42. The number of anilines is 1. The van der Waals surface area contributed by atoms with E-state index in [1.807, 2.05) is 38.1 Å². The number of nitrogens with one attached hydrogen (secondary N) is 1. The van der Waals surface area contributed by atoms with E-state index in [0.717, 1.165) is 52.3 Å². The van der Waals surface area contributed by atoms with E-state index in [9.17, 15) is 14.4 Å². The summed E-state index contributed by atoms with van der Waals surface area (Å²) < 4.78 is 5.19. The molecular formula is C19H27N4O4+. The van der Waals surface area contributed by atoms with Crippen LogP contribution in [0, 0.1) is 5.92 Å². The van der Waals surface area contributed by atoms with Gasteiger partial charge in [-0.15, -0.1) is 0 Å². The molecule has 8 heteroatoms. The Hall–Kier alpha value is -2.61. The summed E-state index contributed by atoms with van der Waals surface area (Å²) in [5.74, 6) is -0.452. The van der Waals surface area contributed by atoms with E-state index in [0.29, 0.717) is 0 Å². The van der Waals surface area contributed by atoms with Crippen molar-refractivity contribution in [2.75, 3.05) is 51.4 Å². The minimum atomic E-state index is -0.704. The fourth-order valence-corrected chi connectivity index (χ4v) is 3.47. The molecule has 27 heavy (non-hydrogen) atoms. The number of carbonyl (C=O) groups is 3. The Morgan fingerprint density at radius 2 is 1.59 bits per heavy atom. The van der Waals surface area contributed by atoms with Gasteiger partial charge in [0.25, 0.3) is 0 Å². The Morgan fingerprint density at radius 1 is 1.00 bits per heavy atom. The molecular weight excluding hydrogens is 348 g/mol. The van der Waals surface area contributed by atoms with Crippen molar-refractivity contribution >= 4 is 23.5 Å². The second-order valence-electron chi connectivity index (χ2n) is 7.42. The third-order valence-corrected chi connectivity index (χ3v) is 4.97. The predicted octanol–water partition coefficient (Wildman–Crippen LogP) is -0.196. The summed E-state index contributed by atoms with van der Waals surface area (Å²) in [4.78, 5) is 42.3. The molecule has 0 unspecified atom stereocenters. The Bertz CT molecular complexity index is 711. The first-order chi connectivity index (χ1) is 12.9. The van der Waals surface area contributed by atoms with Crippen LogP contribution in [0.15, 0.2) is 24.3 Å². The highest BCUT2D eigenvalue weighted by atomic mass is 16.5. The van der Waals surface area contributed by atoms with Crippen molar-refractivity contribution in [1.82, 2.24) is 9.80 Å². The first-order valence-electron chi connectivity index (χ1n) is 9.30. The largest absolute Gasteiger partial charge is 0.497 e.